The minimum absolute atomic E-state index is 0.0309. The Bertz CT molecular complexity index is 601. The van der Waals surface area contributed by atoms with Crippen LogP contribution in [0.15, 0.2) is 42.5 Å². The van der Waals surface area contributed by atoms with Gasteiger partial charge in [0.2, 0.25) is 0 Å². The van der Waals surface area contributed by atoms with Crippen molar-refractivity contribution < 1.29 is 14.1 Å². The number of benzene rings is 2. The van der Waals surface area contributed by atoms with Crippen LogP contribution in [0.5, 0.6) is 11.5 Å². The van der Waals surface area contributed by atoms with Gasteiger partial charge in [-0.3, -0.25) is 10.1 Å². The van der Waals surface area contributed by atoms with Crippen LogP contribution >= 0.6 is 15.9 Å². The molecule has 0 aliphatic rings. The lowest BCUT2D eigenvalue weighted by Crippen LogP contribution is -1.94. The van der Waals surface area contributed by atoms with E-state index in [4.69, 9.17) is 4.74 Å². The molecule has 0 spiro atoms. The first-order valence-corrected chi connectivity index (χ1v) is 6.49. The molecule has 0 aliphatic heterocycles. The van der Waals surface area contributed by atoms with E-state index in [1.54, 1.807) is 6.07 Å². The fourth-order valence-electron chi connectivity index (χ4n) is 1.55. The highest BCUT2D eigenvalue weighted by Crippen LogP contribution is 2.29. The molecule has 0 N–H and O–H groups in total. The van der Waals surface area contributed by atoms with Crippen LogP contribution in [0, 0.1) is 15.9 Å². The zero-order chi connectivity index (χ0) is 13.8. The number of nitrogens with zero attached hydrogens (tertiary/aromatic N) is 1. The number of halogens is 2. The molecule has 0 amide bonds. The second-order valence-electron chi connectivity index (χ2n) is 3.74. The van der Waals surface area contributed by atoms with Gasteiger partial charge in [-0.1, -0.05) is 15.9 Å². The van der Waals surface area contributed by atoms with E-state index in [-0.39, 0.29) is 11.5 Å². The molecule has 2 aromatic rings. The van der Waals surface area contributed by atoms with Gasteiger partial charge in [0.1, 0.15) is 17.3 Å². The SMILES string of the molecule is O=[N+]([O-])c1ccc(Oc2ccc(F)cc2)cc1CBr. The Hall–Kier alpha value is -1.95. The summed E-state index contributed by atoms with van der Waals surface area (Å²) in [5.74, 6) is 0.583. The maximum atomic E-state index is 12.7. The van der Waals surface area contributed by atoms with E-state index in [0.29, 0.717) is 22.4 Å². The van der Waals surface area contributed by atoms with Crippen LogP contribution in [0.4, 0.5) is 10.1 Å². The lowest BCUT2D eigenvalue weighted by Gasteiger charge is -2.07. The molecule has 0 aliphatic carbocycles. The van der Waals surface area contributed by atoms with Crippen LogP contribution in [0.25, 0.3) is 0 Å². The zero-order valence-corrected chi connectivity index (χ0v) is 11.3. The van der Waals surface area contributed by atoms with Gasteiger partial charge in [0, 0.05) is 17.0 Å². The summed E-state index contributed by atoms with van der Waals surface area (Å²) in [6.07, 6.45) is 0. The average Bonchev–Trinajstić information content (AvgIpc) is 2.41. The smallest absolute Gasteiger partial charge is 0.273 e. The summed E-state index contributed by atoms with van der Waals surface area (Å²) in [4.78, 5) is 10.3. The second-order valence-corrected chi connectivity index (χ2v) is 4.30. The van der Waals surface area contributed by atoms with Gasteiger partial charge < -0.3 is 4.74 Å². The minimum Gasteiger partial charge on any atom is -0.457 e. The van der Waals surface area contributed by atoms with Gasteiger partial charge in [0.05, 0.1) is 4.92 Å². The normalized spacial score (nSPS) is 10.2. The summed E-state index contributed by atoms with van der Waals surface area (Å²) in [6, 6.07) is 10.0. The number of hydrogen-bond acceptors (Lipinski definition) is 3. The molecule has 0 unspecified atom stereocenters. The van der Waals surface area contributed by atoms with E-state index in [1.165, 1.54) is 36.4 Å². The van der Waals surface area contributed by atoms with Crippen LogP contribution in [-0.2, 0) is 5.33 Å². The molecule has 98 valence electrons. The van der Waals surface area contributed by atoms with Gasteiger partial charge in [0.15, 0.2) is 0 Å². The van der Waals surface area contributed by atoms with E-state index >= 15 is 0 Å². The van der Waals surface area contributed by atoms with Crippen molar-refractivity contribution >= 4 is 21.6 Å². The highest BCUT2D eigenvalue weighted by Gasteiger charge is 2.13. The third-order valence-electron chi connectivity index (χ3n) is 2.44. The molecule has 4 nitrogen and oxygen atoms in total. The summed E-state index contributed by atoms with van der Waals surface area (Å²) in [5, 5.41) is 11.1. The standard InChI is InChI=1S/C13H9BrFNO3/c14-8-9-7-12(5-6-13(9)16(17)18)19-11-3-1-10(15)2-4-11/h1-7H,8H2. The zero-order valence-electron chi connectivity index (χ0n) is 9.68. The van der Waals surface area contributed by atoms with E-state index in [0.717, 1.165) is 0 Å². The number of alkyl halides is 1. The fraction of sp³-hybridized carbons (Fsp3) is 0.0769. The summed E-state index contributed by atoms with van der Waals surface area (Å²) in [5.41, 5.74) is 0.549. The van der Waals surface area contributed by atoms with E-state index in [2.05, 4.69) is 15.9 Å². The Labute approximate surface area is 117 Å². The van der Waals surface area contributed by atoms with Crippen molar-refractivity contribution in [2.75, 3.05) is 0 Å². The van der Waals surface area contributed by atoms with E-state index in [1.807, 2.05) is 0 Å². The Kier molecular flexibility index (Phi) is 4.11. The molecule has 6 heteroatoms. The third kappa shape index (κ3) is 3.29. The Morgan fingerprint density at radius 3 is 2.37 bits per heavy atom. The Morgan fingerprint density at radius 1 is 1.16 bits per heavy atom. The maximum absolute atomic E-state index is 12.7. The molecule has 0 fully saturated rings. The quantitative estimate of drug-likeness (QED) is 0.475. The van der Waals surface area contributed by atoms with Crippen molar-refractivity contribution in [1.82, 2.24) is 0 Å². The van der Waals surface area contributed by atoms with E-state index in [9.17, 15) is 14.5 Å². The second kappa shape index (κ2) is 5.79. The van der Waals surface area contributed by atoms with Crippen molar-refractivity contribution in [2.24, 2.45) is 0 Å². The minimum atomic E-state index is -0.446. The highest BCUT2D eigenvalue weighted by molar-refractivity contribution is 9.08. The number of nitro groups is 1. The molecule has 19 heavy (non-hydrogen) atoms. The topological polar surface area (TPSA) is 52.4 Å². The predicted molar refractivity (Wildman–Crippen MR) is 72.2 cm³/mol. The van der Waals surface area contributed by atoms with Crippen LogP contribution in [0.3, 0.4) is 0 Å². The molecular formula is C13H9BrFNO3. The first-order chi connectivity index (χ1) is 9.10. The fourth-order valence-corrected chi connectivity index (χ4v) is 2.00. The third-order valence-corrected chi connectivity index (χ3v) is 3.05. The summed E-state index contributed by atoms with van der Waals surface area (Å²) in [6.45, 7) is 0. The molecule has 0 saturated heterocycles. The van der Waals surface area contributed by atoms with Gasteiger partial charge in [-0.25, -0.2) is 4.39 Å². The Morgan fingerprint density at radius 2 is 1.79 bits per heavy atom. The number of rotatable bonds is 4. The number of nitro benzene ring substituents is 1. The molecule has 0 bridgehead atoms. The van der Waals surface area contributed by atoms with Gasteiger partial charge in [0.25, 0.3) is 5.69 Å². The highest BCUT2D eigenvalue weighted by atomic mass is 79.9. The van der Waals surface area contributed by atoms with Crippen LogP contribution in [-0.4, -0.2) is 4.92 Å². The van der Waals surface area contributed by atoms with Crippen molar-refractivity contribution in [1.29, 1.82) is 0 Å². The molecule has 0 heterocycles. The van der Waals surface area contributed by atoms with Gasteiger partial charge in [-0.05, 0) is 36.4 Å². The lowest BCUT2D eigenvalue weighted by atomic mass is 10.2. The largest absolute Gasteiger partial charge is 0.457 e. The van der Waals surface area contributed by atoms with Crippen LogP contribution in [0.1, 0.15) is 5.56 Å². The van der Waals surface area contributed by atoms with Crippen LogP contribution in [0.2, 0.25) is 0 Å². The van der Waals surface area contributed by atoms with Crippen LogP contribution < -0.4 is 4.74 Å². The first kappa shape index (κ1) is 13.5. The lowest BCUT2D eigenvalue weighted by molar-refractivity contribution is -0.385. The van der Waals surface area contributed by atoms with Crippen molar-refractivity contribution in [2.45, 2.75) is 5.33 Å². The first-order valence-electron chi connectivity index (χ1n) is 5.37. The van der Waals surface area contributed by atoms with Crippen molar-refractivity contribution in [3.8, 4) is 11.5 Å². The monoisotopic (exact) mass is 325 g/mol. The molecular weight excluding hydrogens is 317 g/mol. The summed E-state index contributed by atoms with van der Waals surface area (Å²) >= 11 is 3.20. The molecule has 0 aromatic heterocycles. The molecule has 0 atom stereocenters. The number of ether oxygens (including phenoxy) is 1. The van der Waals surface area contributed by atoms with Crippen molar-refractivity contribution in [3.63, 3.8) is 0 Å². The molecule has 0 saturated carbocycles. The van der Waals surface area contributed by atoms with E-state index < -0.39 is 4.92 Å². The molecule has 0 radical (unpaired) electrons. The van der Waals surface area contributed by atoms with Gasteiger partial charge >= 0.3 is 0 Å². The summed E-state index contributed by atoms with van der Waals surface area (Å²) < 4.78 is 18.2. The Balaban J connectivity index is 2.26. The summed E-state index contributed by atoms with van der Waals surface area (Å²) in [7, 11) is 0. The molecule has 2 aromatic carbocycles. The van der Waals surface area contributed by atoms with Crippen molar-refractivity contribution in [3.05, 3.63) is 64.0 Å². The predicted octanol–water partition coefficient (Wildman–Crippen LogP) is 4.42. The number of hydrogen-bond donors (Lipinski definition) is 0. The maximum Gasteiger partial charge on any atom is 0.273 e. The molecule has 2 rings (SSSR count). The average molecular weight is 326 g/mol. The van der Waals surface area contributed by atoms with Gasteiger partial charge in [-0.2, -0.15) is 0 Å². The van der Waals surface area contributed by atoms with Gasteiger partial charge in [-0.15, -0.1) is 0 Å².